The first-order valence-electron chi connectivity index (χ1n) is 8.83. The topological polar surface area (TPSA) is 322 Å². The van der Waals surface area contributed by atoms with Crippen LogP contribution in [-0.2, 0) is 38.4 Å². The summed E-state index contributed by atoms with van der Waals surface area (Å²) in [6.07, 6.45) is -1.87. The Balaban J connectivity index is 0. The molecule has 0 bridgehead atoms. The molecule has 0 radical (unpaired) electrons. The molecule has 192 valence electrons. The molecule has 0 aliphatic carbocycles. The van der Waals surface area contributed by atoms with Crippen LogP contribution in [0, 0.1) is 0 Å². The highest BCUT2D eigenvalue weighted by atomic mass is 16.4. The lowest BCUT2D eigenvalue weighted by molar-refractivity contribution is -0.155. The van der Waals surface area contributed by atoms with Gasteiger partial charge in [-0.05, 0) is 12.8 Å². The Hall–Kier alpha value is -4.32. The molecule has 0 aliphatic rings. The third kappa shape index (κ3) is 13.9. The van der Waals surface area contributed by atoms with E-state index in [-0.39, 0.29) is 0 Å². The standard InChI is InChI=1S/2C8H11NO8/c2*10-4(11)2-1-3(6(12)13)9-5(7(14)15)8(16)17/h2*3,5,9H,1-2H2,(H,10,11)(H,12,13)(H,14,15)(H,16,17)/t2*3-/m00/s1. The van der Waals surface area contributed by atoms with Crippen molar-refractivity contribution in [1.82, 2.24) is 10.6 Å². The molecule has 0 heterocycles. The Kier molecular flexibility index (Phi) is 14.5. The number of carbonyl (C=O) groups is 8. The first kappa shape index (κ1) is 31.9. The predicted molar refractivity (Wildman–Crippen MR) is 101 cm³/mol. The second-order valence-electron chi connectivity index (χ2n) is 6.20. The average Bonchev–Trinajstić information content (AvgIpc) is 2.66. The summed E-state index contributed by atoms with van der Waals surface area (Å²) in [5, 5.41) is 71.7. The Bertz CT molecular complexity index is 715. The van der Waals surface area contributed by atoms with Crippen LogP contribution >= 0.6 is 0 Å². The van der Waals surface area contributed by atoms with E-state index in [0.717, 1.165) is 0 Å². The molecule has 0 fully saturated rings. The fraction of sp³-hybridized carbons (Fsp3) is 0.500. The fourth-order valence-electron chi connectivity index (χ4n) is 1.99. The second-order valence-corrected chi connectivity index (χ2v) is 6.20. The van der Waals surface area contributed by atoms with Crippen LogP contribution < -0.4 is 10.6 Å². The summed E-state index contributed by atoms with van der Waals surface area (Å²) in [7, 11) is 0. The molecule has 0 rings (SSSR count). The lowest BCUT2D eigenvalue weighted by Gasteiger charge is -2.16. The normalized spacial score (nSPS) is 12.1. The van der Waals surface area contributed by atoms with Crippen molar-refractivity contribution >= 4 is 47.8 Å². The molecule has 18 heteroatoms. The minimum atomic E-state index is -2.09. The largest absolute Gasteiger partial charge is 0.481 e. The lowest BCUT2D eigenvalue weighted by atomic mass is 10.1. The molecule has 34 heavy (non-hydrogen) atoms. The summed E-state index contributed by atoms with van der Waals surface area (Å²) >= 11 is 0. The van der Waals surface area contributed by atoms with E-state index in [9.17, 15) is 38.4 Å². The zero-order valence-electron chi connectivity index (χ0n) is 17.0. The third-order valence-electron chi connectivity index (χ3n) is 3.61. The minimum absolute atomic E-state index is 0.415. The van der Waals surface area contributed by atoms with Crippen LogP contribution in [-0.4, -0.2) is 113 Å². The molecule has 0 saturated heterocycles. The van der Waals surface area contributed by atoms with E-state index in [1.165, 1.54) is 0 Å². The number of rotatable bonds is 16. The van der Waals surface area contributed by atoms with Crippen molar-refractivity contribution in [2.24, 2.45) is 0 Å². The highest BCUT2D eigenvalue weighted by Gasteiger charge is 2.32. The molecule has 2 atom stereocenters. The highest BCUT2D eigenvalue weighted by Crippen LogP contribution is 2.01. The van der Waals surface area contributed by atoms with Gasteiger partial charge < -0.3 is 40.9 Å². The van der Waals surface area contributed by atoms with Gasteiger partial charge in [-0.3, -0.25) is 29.8 Å². The lowest BCUT2D eigenvalue weighted by Crippen LogP contribution is -2.51. The van der Waals surface area contributed by atoms with E-state index in [2.05, 4.69) is 0 Å². The number of aliphatic carboxylic acids is 8. The SMILES string of the molecule is O=C(O)CC[C@H](NC(C(=O)O)C(=O)O)C(=O)O.O=C(O)CC[C@H](NC(C(=O)O)C(=O)O)C(=O)O. The summed E-state index contributed by atoms with van der Waals surface area (Å²) in [6.45, 7) is 0. The van der Waals surface area contributed by atoms with Crippen molar-refractivity contribution in [1.29, 1.82) is 0 Å². The van der Waals surface area contributed by atoms with E-state index in [1.807, 2.05) is 10.6 Å². The van der Waals surface area contributed by atoms with Crippen molar-refractivity contribution in [2.45, 2.75) is 49.9 Å². The van der Waals surface area contributed by atoms with E-state index in [4.69, 9.17) is 40.9 Å². The van der Waals surface area contributed by atoms with Gasteiger partial charge in [-0.1, -0.05) is 0 Å². The van der Waals surface area contributed by atoms with Crippen molar-refractivity contribution in [3.63, 3.8) is 0 Å². The second kappa shape index (κ2) is 15.5. The van der Waals surface area contributed by atoms with Gasteiger partial charge in [0.15, 0.2) is 0 Å². The van der Waals surface area contributed by atoms with Gasteiger partial charge in [0.25, 0.3) is 0 Å². The Morgan fingerprint density at radius 2 is 0.676 bits per heavy atom. The van der Waals surface area contributed by atoms with Gasteiger partial charge in [-0.2, -0.15) is 0 Å². The molecule has 0 aromatic carbocycles. The molecule has 0 unspecified atom stereocenters. The van der Waals surface area contributed by atoms with Crippen LogP contribution in [0.2, 0.25) is 0 Å². The summed E-state index contributed by atoms with van der Waals surface area (Å²) in [6, 6.07) is -7.29. The number of carboxylic acid groups (broad SMARTS) is 8. The summed E-state index contributed by atoms with van der Waals surface area (Å²) < 4.78 is 0. The molecule has 18 nitrogen and oxygen atoms in total. The quantitative estimate of drug-likeness (QED) is 0.0939. The van der Waals surface area contributed by atoms with Crippen molar-refractivity contribution in [3.8, 4) is 0 Å². The summed E-state index contributed by atoms with van der Waals surface area (Å²) in [4.78, 5) is 83.7. The Morgan fingerprint density at radius 1 is 0.441 bits per heavy atom. The molecule has 0 aliphatic heterocycles. The summed E-state index contributed by atoms with van der Waals surface area (Å²) in [5.41, 5.74) is 0. The van der Waals surface area contributed by atoms with Crippen LogP contribution in [0.1, 0.15) is 25.7 Å². The van der Waals surface area contributed by atoms with Crippen molar-refractivity contribution < 1.29 is 79.2 Å². The van der Waals surface area contributed by atoms with Gasteiger partial charge in [0.2, 0.25) is 12.1 Å². The molecule has 0 spiro atoms. The number of hydrogen-bond acceptors (Lipinski definition) is 10. The predicted octanol–water partition coefficient (Wildman–Crippen LogP) is -3.14. The smallest absolute Gasteiger partial charge is 0.332 e. The minimum Gasteiger partial charge on any atom is -0.481 e. The van der Waals surface area contributed by atoms with E-state index in [1.54, 1.807) is 0 Å². The van der Waals surface area contributed by atoms with Gasteiger partial charge >= 0.3 is 47.8 Å². The van der Waals surface area contributed by atoms with Crippen molar-refractivity contribution in [2.75, 3.05) is 0 Å². The van der Waals surface area contributed by atoms with Crippen LogP contribution in [0.25, 0.3) is 0 Å². The first-order valence-corrected chi connectivity index (χ1v) is 8.83. The third-order valence-corrected chi connectivity index (χ3v) is 3.61. The van der Waals surface area contributed by atoms with Crippen LogP contribution in [0.15, 0.2) is 0 Å². The van der Waals surface area contributed by atoms with E-state index >= 15 is 0 Å². The molecule has 0 saturated carbocycles. The van der Waals surface area contributed by atoms with Gasteiger partial charge in [0.1, 0.15) is 12.1 Å². The van der Waals surface area contributed by atoms with Crippen LogP contribution in [0.5, 0.6) is 0 Å². The number of hydrogen-bond donors (Lipinski definition) is 10. The van der Waals surface area contributed by atoms with Gasteiger partial charge in [-0.25, -0.2) is 19.2 Å². The maximum atomic E-state index is 10.7. The molecule has 0 aromatic heterocycles. The maximum absolute atomic E-state index is 10.7. The molecular weight excluding hydrogens is 476 g/mol. The monoisotopic (exact) mass is 498 g/mol. The Labute approximate surface area is 188 Å². The molecular formula is C16H22N2O16. The molecule has 0 aromatic rings. The van der Waals surface area contributed by atoms with Crippen LogP contribution in [0.4, 0.5) is 0 Å². The zero-order chi connectivity index (χ0) is 27.2. The maximum Gasteiger partial charge on any atom is 0.332 e. The first-order chi connectivity index (χ1) is 15.5. The van der Waals surface area contributed by atoms with E-state index in [0.29, 0.717) is 0 Å². The molecule has 10 N–H and O–H groups in total. The van der Waals surface area contributed by atoms with Gasteiger partial charge in [-0.15, -0.1) is 0 Å². The van der Waals surface area contributed by atoms with Gasteiger partial charge in [0.05, 0.1) is 0 Å². The zero-order valence-corrected chi connectivity index (χ0v) is 17.0. The summed E-state index contributed by atoms with van der Waals surface area (Å²) in [5.74, 6) is -12.6. The average molecular weight is 498 g/mol. The van der Waals surface area contributed by atoms with Gasteiger partial charge in [0, 0.05) is 12.8 Å². The number of carboxylic acids is 8. The van der Waals surface area contributed by atoms with E-state index < -0.39 is 97.6 Å². The highest BCUT2D eigenvalue weighted by molar-refractivity contribution is 5.98. The molecule has 0 amide bonds. The fourth-order valence-corrected chi connectivity index (χ4v) is 1.99. The Morgan fingerprint density at radius 3 is 0.824 bits per heavy atom. The van der Waals surface area contributed by atoms with Crippen LogP contribution in [0.3, 0.4) is 0 Å². The van der Waals surface area contributed by atoms with Crippen molar-refractivity contribution in [3.05, 3.63) is 0 Å². The number of nitrogens with one attached hydrogen (secondary N) is 2.